The van der Waals surface area contributed by atoms with Crippen molar-refractivity contribution in [1.29, 1.82) is 0 Å². The molecule has 2 unspecified atom stereocenters. The molecule has 5 nitrogen and oxygen atoms in total. The lowest BCUT2D eigenvalue weighted by Gasteiger charge is -2.38. The van der Waals surface area contributed by atoms with E-state index in [-0.39, 0.29) is 31.0 Å². The van der Waals surface area contributed by atoms with Gasteiger partial charge < -0.3 is 14.8 Å². The normalized spacial score (nSPS) is 23.2. The summed E-state index contributed by atoms with van der Waals surface area (Å²) in [4.78, 5) is 25.2. The highest BCUT2D eigenvalue weighted by Gasteiger charge is 2.45. The second-order valence-electron chi connectivity index (χ2n) is 6.68. The van der Waals surface area contributed by atoms with Crippen molar-refractivity contribution in [3.63, 3.8) is 0 Å². The molecule has 6 heteroatoms. The smallest absolute Gasteiger partial charge is 0.332 e. The van der Waals surface area contributed by atoms with Crippen molar-refractivity contribution >= 4 is 23.5 Å². The molecule has 1 aliphatic heterocycles. The number of hydrogen-bond acceptors (Lipinski definition) is 4. The average Bonchev–Trinajstić information content (AvgIpc) is 2.51. The van der Waals surface area contributed by atoms with Gasteiger partial charge in [0.25, 0.3) is 0 Å². The molecule has 2 rings (SSSR count). The summed E-state index contributed by atoms with van der Waals surface area (Å²) in [5, 5.41) is 3.59. The van der Waals surface area contributed by atoms with Crippen LogP contribution in [0.3, 0.4) is 0 Å². The Bertz CT molecular complexity index is 638. The molecule has 138 valence electrons. The molecule has 25 heavy (non-hydrogen) atoms. The first-order chi connectivity index (χ1) is 11.8. The molecule has 0 radical (unpaired) electrons. The third-order valence-electron chi connectivity index (χ3n) is 4.61. The predicted octanol–water partition coefficient (Wildman–Crippen LogP) is 3.12. The van der Waals surface area contributed by atoms with Gasteiger partial charge in [0, 0.05) is 24.5 Å². The van der Waals surface area contributed by atoms with Gasteiger partial charge in [-0.15, -0.1) is 0 Å². The molecule has 0 aliphatic carbocycles. The Kier molecular flexibility index (Phi) is 6.47. The van der Waals surface area contributed by atoms with Gasteiger partial charge in [0.05, 0.1) is 19.1 Å². The maximum Gasteiger partial charge on any atom is 0.332 e. The largest absolute Gasteiger partial charge is 0.464 e. The monoisotopic (exact) mass is 367 g/mol. The van der Waals surface area contributed by atoms with Crippen molar-refractivity contribution in [1.82, 2.24) is 5.32 Å². The number of halogens is 1. The summed E-state index contributed by atoms with van der Waals surface area (Å²) >= 11 is 6.05. The van der Waals surface area contributed by atoms with Crippen molar-refractivity contribution in [2.75, 3.05) is 13.2 Å². The SMILES string of the molecule is CCOC(=O)C1(NC(=O)Cc2c(C)cc(Cl)cc2C)CCOC(C)C1. The van der Waals surface area contributed by atoms with E-state index in [1.807, 2.05) is 32.9 Å². The summed E-state index contributed by atoms with van der Waals surface area (Å²) in [7, 11) is 0. The molecule has 1 fully saturated rings. The van der Waals surface area contributed by atoms with Crippen LogP contribution in [0.2, 0.25) is 5.02 Å². The number of carbonyl (C=O) groups is 2. The molecular formula is C19H26ClNO4. The molecule has 1 aliphatic rings. The molecule has 1 aromatic carbocycles. The average molecular weight is 368 g/mol. The fourth-order valence-electron chi connectivity index (χ4n) is 3.40. The van der Waals surface area contributed by atoms with Gasteiger partial charge in [-0.3, -0.25) is 4.79 Å². The van der Waals surface area contributed by atoms with Crippen LogP contribution >= 0.6 is 11.6 Å². The van der Waals surface area contributed by atoms with E-state index in [9.17, 15) is 9.59 Å². The van der Waals surface area contributed by atoms with Crippen molar-refractivity contribution in [2.24, 2.45) is 0 Å². The van der Waals surface area contributed by atoms with Crippen LogP contribution < -0.4 is 5.32 Å². The zero-order valence-electron chi connectivity index (χ0n) is 15.3. The molecule has 0 bridgehead atoms. The Morgan fingerprint density at radius 1 is 1.36 bits per heavy atom. The molecule has 0 spiro atoms. The van der Waals surface area contributed by atoms with E-state index in [4.69, 9.17) is 21.1 Å². The van der Waals surface area contributed by atoms with E-state index < -0.39 is 5.54 Å². The Labute approximate surface area is 154 Å². The first-order valence-corrected chi connectivity index (χ1v) is 9.00. The summed E-state index contributed by atoms with van der Waals surface area (Å²) in [5.74, 6) is -0.585. The summed E-state index contributed by atoms with van der Waals surface area (Å²) in [6.45, 7) is 8.21. The minimum absolute atomic E-state index is 0.113. The third-order valence-corrected chi connectivity index (χ3v) is 4.83. The van der Waals surface area contributed by atoms with Crippen molar-refractivity contribution in [2.45, 2.75) is 58.6 Å². The minimum Gasteiger partial charge on any atom is -0.464 e. The van der Waals surface area contributed by atoms with Crippen LogP contribution in [0.15, 0.2) is 12.1 Å². The second-order valence-corrected chi connectivity index (χ2v) is 7.12. The molecule has 2 atom stereocenters. The second kappa shape index (κ2) is 8.19. The quantitative estimate of drug-likeness (QED) is 0.812. The number of amides is 1. The minimum atomic E-state index is -1.01. The third kappa shape index (κ3) is 4.73. The number of aryl methyl sites for hydroxylation is 2. The van der Waals surface area contributed by atoms with Gasteiger partial charge in [0.15, 0.2) is 0 Å². The van der Waals surface area contributed by atoms with Crippen LogP contribution in [0.5, 0.6) is 0 Å². The molecule has 1 saturated heterocycles. The molecule has 0 saturated carbocycles. The number of carbonyl (C=O) groups excluding carboxylic acids is 2. The lowest BCUT2D eigenvalue weighted by atomic mass is 9.86. The van der Waals surface area contributed by atoms with E-state index in [1.54, 1.807) is 6.92 Å². The zero-order chi connectivity index (χ0) is 18.6. The summed E-state index contributed by atoms with van der Waals surface area (Å²) in [5.41, 5.74) is 1.84. The van der Waals surface area contributed by atoms with Crippen LogP contribution in [-0.4, -0.2) is 36.7 Å². The van der Waals surface area contributed by atoms with Gasteiger partial charge in [-0.1, -0.05) is 11.6 Å². The summed E-state index contributed by atoms with van der Waals surface area (Å²) < 4.78 is 10.8. The highest BCUT2D eigenvalue weighted by Crippen LogP contribution is 2.27. The van der Waals surface area contributed by atoms with Crippen LogP contribution in [0, 0.1) is 13.8 Å². The highest BCUT2D eigenvalue weighted by molar-refractivity contribution is 6.30. The van der Waals surface area contributed by atoms with Crippen LogP contribution in [0.25, 0.3) is 0 Å². The number of rotatable bonds is 5. The Balaban J connectivity index is 2.19. The number of hydrogen-bond donors (Lipinski definition) is 1. The maximum atomic E-state index is 12.7. The van der Waals surface area contributed by atoms with Crippen LogP contribution in [0.4, 0.5) is 0 Å². The summed E-state index contributed by atoms with van der Waals surface area (Å²) in [6, 6.07) is 3.68. The van der Waals surface area contributed by atoms with Crippen LogP contribution in [-0.2, 0) is 25.5 Å². The Morgan fingerprint density at radius 2 is 2.00 bits per heavy atom. The summed E-state index contributed by atoms with van der Waals surface area (Å²) in [6.07, 6.45) is 0.916. The van der Waals surface area contributed by atoms with Crippen molar-refractivity contribution < 1.29 is 19.1 Å². The molecule has 1 heterocycles. The zero-order valence-corrected chi connectivity index (χ0v) is 16.0. The van der Waals surface area contributed by atoms with Gasteiger partial charge in [-0.2, -0.15) is 0 Å². The molecule has 1 N–H and O–H groups in total. The van der Waals surface area contributed by atoms with Gasteiger partial charge in [0.2, 0.25) is 5.91 Å². The molecule has 1 aromatic rings. The van der Waals surface area contributed by atoms with E-state index in [0.29, 0.717) is 24.5 Å². The fourth-order valence-corrected chi connectivity index (χ4v) is 3.72. The van der Waals surface area contributed by atoms with E-state index >= 15 is 0 Å². The topological polar surface area (TPSA) is 64.6 Å². The Morgan fingerprint density at radius 3 is 2.56 bits per heavy atom. The fraction of sp³-hybridized carbons (Fsp3) is 0.579. The predicted molar refractivity (Wildman–Crippen MR) is 96.8 cm³/mol. The Hall–Kier alpha value is -1.59. The van der Waals surface area contributed by atoms with Gasteiger partial charge in [0.1, 0.15) is 5.54 Å². The van der Waals surface area contributed by atoms with Gasteiger partial charge >= 0.3 is 5.97 Å². The molecule has 1 amide bonds. The maximum absolute atomic E-state index is 12.7. The number of ether oxygens (including phenoxy) is 2. The number of nitrogens with one attached hydrogen (secondary N) is 1. The first kappa shape index (κ1) is 19.7. The van der Waals surface area contributed by atoms with E-state index in [0.717, 1.165) is 16.7 Å². The number of esters is 1. The van der Waals surface area contributed by atoms with Crippen LogP contribution in [0.1, 0.15) is 43.4 Å². The highest BCUT2D eigenvalue weighted by atomic mass is 35.5. The lowest BCUT2D eigenvalue weighted by molar-refractivity contribution is -0.160. The molecular weight excluding hydrogens is 342 g/mol. The molecule has 0 aromatic heterocycles. The van der Waals surface area contributed by atoms with E-state index in [1.165, 1.54) is 0 Å². The van der Waals surface area contributed by atoms with Gasteiger partial charge in [-0.05, 0) is 56.5 Å². The first-order valence-electron chi connectivity index (χ1n) is 8.63. The van der Waals surface area contributed by atoms with Gasteiger partial charge in [-0.25, -0.2) is 4.79 Å². The number of benzene rings is 1. The van der Waals surface area contributed by atoms with Crippen molar-refractivity contribution in [3.8, 4) is 0 Å². The lowest BCUT2D eigenvalue weighted by Crippen LogP contribution is -2.59. The van der Waals surface area contributed by atoms with Crippen molar-refractivity contribution in [3.05, 3.63) is 33.8 Å². The van der Waals surface area contributed by atoms with E-state index in [2.05, 4.69) is 5.32 Å². The standard InChI is InChI=1S/C19H26ClNO4/c1-5-24-18(23)19(6-7-25-14(4)11-19)21-17(22)10-16-12(2)8-15(20)9-13(16)3/h8-9,14H,5-7,10-11H2,1-4H3,(H,21,22).